The predicted molar refractivity (Wildman–Crippen MR) is 90.0 cm³/mol. The van der Waals surface area contributed by atoms with E-state index in [-0.39, 0.29) is 11.9 Å². The van der Waals surface area contributed by atoms with Crippen molar-refractivity contribution in [3.8, 4) is 0 Å². The van der Waals surface area contributed by atoms with Gasteiger partial charge < -0.3 is 9.47 Å². The molecule has 3 aromatic rings. The fourth-order valence-electron chi connectivity index (χ4n) is 2.57. The first kappa shape index (κ1) is 15.2. The van der Waals surface area contributed by atoms with Crippen LogP contribution in [0.3, 0.4) is 0 Å². The number of aryl methyl sites for hydroxylation is 1. The number of aromatic nitrogens is 3. The fourth-order valence-corrected chi connectivity index (χ4v) is 2.57. The Morgan fingerprint density at radius 3 is 2.70 bits per heavy atom. The van der Waals surface area contributed by atoms with Gasteiger partial charge in [0.15, 0.2) is 0 Å². The van der Waals surface area contributed by atoms with E-state index in [4.69, 9.17) is 0 Å². The number of benzene rings is 1. The van der Waals surface area contributed by atoms with Gasteiger partial charge in [0.2, 0.25) is 0 Å². The van der Waals surface area contributed by atoms with Crippen LogP contribution in [0, 0.1) is 0 Å². The van der Waals surface area contributed by atoms with Crippen LogP contribution in [0.5, 0.6) is 0 Å². The lowest BCUT2D eigenvalue weighted by atomic mass is 10.2. The summed E-state index contributed by atoms with van der Waals surface area (Å²) in [5, 5.41) is 1.10. The third kappa shape index (κ3) is 3.08. The van der Waals surface area contributed by atoms with Gasteiger partial charge in [-0.2, -0.15) is 0 Å². The zero-order valence-electron chi connectivity index (χ0n) is 13.6. The van der Waals surface area contributed by atoms with E-state index < -0.39 is 0 Å². The molecular formula is C18H20N4O. The van der Waals surface area contributed by atoms with Crippen LogP contribution >= 0.6 is 0 Å². The van der Waals surface area contributed by atoms with Crippen molar-refractivity contribution in [1.82, 2.24) is 19.4 Å². The van der Waals surface area contributed by atoms with Crippen LogP contribution in [0.4, 0.5) is 0 Å². The molecule has 118 valence electrons. The largest absolute Gasteiger partial charge is 0.330 e. The maximum Gasteiger partial charge on any atom is 0.272 e. The van der Waals surface area contributed by atoms with Crippen molar-refractivity contribution in [1.29, 1.82) is 0 Å². The minimum absolute atomic E-state index is 0.0324. The van der Waals surface area contributed by atoms with Gasteiger partial charge in [0.05, 0.1) is 30.3 Å². The molecule has 5 heteroatoms. The summed E-state index contributed by atoms with van der Waals surface area (Å²) < 4.78 is 1.74. The highest BCUT2D eigenvalue weighted by Crippen LogP contribution is 2.16. The highest BCUT2D eigenvalue weighted by molar-refractivity contribution is 5.92. The first-order chi connectivity index (χ1) is 11.1. The summed E-state index contributed by atoms with van der Waals surface area (Å²) in [6.07, 6.45) is 3.24. The van der Waals surface area contributed by atoms with Gasteiger partial charge in [-0.25, -0.2) is 4.98 Å². The Balaban J connectivity index is 1.89. The van der Waals surface area contributed by atoms with Gasteiger partial charge >= 0.3 is 0 Å². The monoisotopic (exact) mass is 308 g/mol. The average Bonchev–Trinajstić information content (AvgIpc) is 2.97. The smallest absolute Gasteiger partial charge is 0.272 e. The van der Waals surface area contributed by atoms with E-state index in [0.717, 1.165) is 16.6 Å². The molecule has 23 heavy (non-hydrogen) atoms. The van der Waals surface area contributed by atoms with Gasteiger partial charge in [0.1, 0.15) is 5.69 Å². The van der Waals surface area contributed by atoms with Crippen LogP contribution in [0.2, 0.25) is 0 Å². The molecule has 0 bridgehead atoms. The van der Waals surface area contributed by atoms with E-state index in [1.165, 1.54) is 0 Å². The highest BCUT2D eigenvalue weighted by atomic mass is 16.2. The molecule has 0 saturated heterocycles. The molecule has 0 aliphatic carbocycles. The van der Waals surface area contributed by atoms with E-state index in [1.807, 2.05) is 62.2 Å². The minimum Gasteiger partial charge on any atom is -0.330 e. The number of para-hydroxylation sites is 1. The summed E-state index contributed by atoms with van der Waals surface area (Å²) in [5.41, 5.74) is 2.41. The fraction of sp³-hybridized carbons (Fsp3) is 0.278. The van der Waals surface area contributed by atoms with Crippen molar-refractivity contribution in [2.75, 3.05) is 0 Å². The van der Waals surface area contributed by atoms with Gasteiger partial charge in [-0.15, -0.1) is 0 Å². The number of fused-ring (bicyclic) bond motifs is 1. The summed E-state index contributed by atoms with van der Waals surface area (Å²) in [5.74, 6) is -0.0324. The van der Waals surface area contributed by atoms with Crippen LogP contribution in [-0.2, 0) is 13.6 Å². The molecule has 0 fully saturated rings. The van der Waals surface area contributed by atoms with Crippen LogP contribution in [0.15, 0.2) is 48.9 Å². The Morgan fingerprint density at radius 1 is 1.22 bits per heavy atom. The van der Waals surface area contributed by atoms with Crippen LogP contribution < -0.4 is 0 Å². The molecule has 2 heterocycles. The lowest BCUT2D eigenvalue weighted by Crippen LogP contribution is -2.37. The van der Waals surface area contributed by atoms with E-state index in [0.29, 0.717) is 12.2 Å². The summed E-state index contributed by atoms with van der Waals surface area (Å²) >= 11 is 0. The maximum atomic E-state index is 12.8. The summed E-state index contributed by atoms with van der Waals surface area (Å²) in [6.45, 7) is 4.50. The molecule has 1 amide bonds. The number of nitrogens with zero attached hydrogens (tertiary/aromatic N) is 4. The Hall–Kier alpha value is -2.69. The van der Waals surface area contributed by atoms with Gasteiger partial charge in [0.25, 0.3) is 5.91 Å². The lowest BCUT2D eigenvalue weighted by Gasteiger charge is -2.26. The van der Waals surface area contributed by atoms with Crippen molar-refractivity contribution in [3.63, 3.8) is 0 Å². The van der Waals surface area contributed by atoms with Crippen molar-refractivity contribution in [2.45, 2.75) is 26.4 Å². The van der Waals surface area contributed by atoms with Crippen LogP contribution in [0.25, 0.3) is 10.9 Å². The molecule has 3 rings (SSSR count). The van der Waals surface area contributed by atoms with Crippen molar-refractivity contribution < 1.29 is 4.79 Å². The Bertz CT molecular complexity index is 838. The third-order valence-corrected chi connectivity index (χ3v) is 3.91. The topological polar surface area (TPSA) is 51.0 Å². The first-order valence-corrected chi connectivity index (χ1v) is 7.68. The molecule has 0 aliphatic heterocycles. The highest BCUT2D eigenvalue weighted by Gasteiger charge is 2.22. The van der Waals surface area contributed by atoms with Crippen LogP contribution in [0.1, 0.15) is 30.0 Å². The molecule has 0 saturated carbocycles. The summed E-state index contributed by atoms with van der Waals surface area (Å²) in [7, 11) is 1.83. The number of hydrogen-bond acceptors (Lipinski definition) is 3. The third-order valence-electron chi connectivity index (χ3n) is 3.91. The second-order valence-corrected chi connectivity index (χ2v) is 5.91. The Labute approximate surface area is 135 Å². The molecule has 0 spiro atoms. The molecule has 0 unspecified atom stereocenters. The molecular weight excluding hydrogens is 288 g/mol. The second-order valence-electron chi connectivity index (χ2n) is 5.91. The number of amides is 1. The molecule has 0 aliphatic rings. The molecule has 1 aromatic carbocycles. The number of carbonyl (C=O) groups is 1. The van der Waals surface area contributed by atoms with E-state index in [9.17, 15) is 4.79 Å². The predicted octanol–water partition coefficient (Wildman–Crippen LogP) is 3.02. The first-order valence-electron chi connectivity index (χ1n) is 7.68. The molecule has 0 radical (unpaired) electrons. The number of rotatable bonds is 4. The molecule has 0 N–H and O–H groups in total. The second kappa shape index (κ2) is 6.20. The summed E-state index contributed by atoms with van der Waals surface area (Å²) in [6, 6.07) is 12.1. The normalized spacial score (nSPS) is 11.1. The van der Waals surface area contributed by atoms with Gasteiger partial charge in [-0.05, 0) is 26.0 Å². The van der Waals surface area contributed by atoms with Crippen molar-refractivity contribution in [2.24, 2.45) is 7.05 Å². The van der Waals surface area contributed by atoms with Gasteiger partial charge in [0, 0.05) is 18.5 Å². The van der Waals surface area contributed by atoms with Crippen molar-refractivity contribution in [3.05, 3.63) is 60.3 Å². The van der Waals surface area contributed by atoms with Crippen LogP contribution in [-0.4, -0.2) is 31.4 Å². The average molecular weight is 308 g/mol. The number of pyridine rings is 1. The van der Waals surface area contributed by atoms with E-state index >= 15 is 0 Å². The Morgan fingerprint density at radius 2 is 2.00 bits per heavy atom. The van der Waals surface area contributed by atoms with Gasteiger partial charge in [-0.3, -0.25) is 9.78 Å². The molecule has 0 atom stereocenters. The maximum absolute atomic E-state index is 12.8. The number of carbonyl (C=O) groups excluding carboxylic acids is 1. The molecule has 2 aromatic heterocycles. The standard InChI is InChI=1S/C18H20N4O/c1-13(2)22(18(23)17-10-19-12-21(17)3)11-15-9-8-14-6-4-5-7-16(14)20-15/h4-10,12-13H,11H2,1-3H3. The van der Waals surface area contributed by atoms with E-state index in [1.54, 1.807) is 17.1 Å². The Kier molecular flexibility index (Phi) is 4.10. The zero-order chi connectivity index (χ0) is 16.4. The minimum atomic E-state index is -0.0324. The molecule has 5 nitrogen and oxygen atoms in total. The SMILES string of the molecule is CC(C)N(Cc1ccc2ccccc2n1)C(=O)c1cncn1C. The summed E-state index contributed by atoms with van der Waals surface area (Å²) in [4.78, 5) is 23.3. The van der Waals surface area contributed by atoms with Crippen molar-refractivity contribution >= 4 is 16.8 Å². The zero-order valence-corrected chi connectivity index (χ0v) is 13.6. The quantitative estimate of drug-likeness (QED) is 0.744. The number of imidazole rings is 1. The lowest BCUT2D eigenvalue weighted by molar-refractivity contribution is 0.0678. The van der Waals surface area contributed by atoms with Gasteiger partial charge in [-0.1, -0.05) is 24.3 Å². The number of hydrogen-bond donors (Lipinski definition) is 0. The van der Waals surface area contributed by atoms with E-state index in [2.05, 4.69) is 9.97 Å².